The van der Waals surface area contributed by atoms with Crippen molar-refractivity contribution < 1.29 is 0 Å². The zero-order valence-corrected chi connectivity index (χ0v) is 14.2. The molecule has 0 radical (unpaired) electrons. The standard InChI is InChI=1S/C18H22ClN3O/c1-14-6-5-10-21(11-9-14)16-12-20-22(18(23)17(16)19)13-15-7-3-2-4-8-15/h2-4,7-8,12,14H,5-6,9-11,13H2,1H3/t14-/m0/s1. The van der Waals surface area contributed by atoms with E-state index in [0.717, 1.165) is 43.1 Å². The summed E-state index contributed by atoms with van der Waals surface area (Å²) in [6.45, 7) is 4.59. The molecule has 122 valence electrons. The van der Waals surface area contributed by atoms with Crippen molar-refractivity contribution in [2.75, 3.05) is 18.0 Å². The third-order valence-electron chi connectivity index (χ3n) is 4.50. The predicted octanol–water partition coefficient (Wildman–Crippen LogP) is 3.57. The molecule has 4 nitrogen and oxygen atoms in total. The smallest absolute Gasteiger partial charge is 0.287 e. The lowest BCUT2D eigenvalue weighted by atomic mass is 10.0. The number of hydrogen-bond donors (Lipinski definition) is 0. The lowest BCUT2D eigenvalue weighted by Gasteiger charge is -2.23. The molecule has 1 saturated heterocycles. The van der Waals surface area contributed by atoms with Crippen LogP contribution in [0.25, 0.3) is 0 Å². The molecule has 0 aliphatic carbocycles. The highest BCUT2D eigenvalue weighted by Gasteiger charge is 2.19. The molecule has 0 spiro atoms. The molecule has 1 fully saturated rings. The zero-order chi connectivity index (χ0) is 16.2. The number of nitrogens with zero attached hydrogens (tertiary/aromatic N) is 3. The van der Waals surface area contributed by atoms with Gasteiger partial charge < -0.3 is 4.90 Å². The Morgan fingerprint density at radius 3 is 2.78 bits per heavy atom. The average Bonchev–Trinajstić information content (AvgIpc) is 2.78. The van der Waals surface area contributed by atoms with Crippen LogP contribution in [0, 0.1) is 5.92 Å². The zero-order valence-electron chi connectivity index (χ0n) is 13.4. The van der Waals surface area contributed by atoms with E-state index in [-0.39, 0.29) is 10.6 Å². The molecule has 23 heavy (non-hydrogen) atoms. The molecule has 2 aromatic rings. The van der Waals surface area contributed by atoms with Gasteiger partial charge >= 0.3 is 0 Å². The number of halogens is 1. The van der Waals surface area contributed by atoms with Gasteiger partial charge in [-0.25, -0.2) is 4.68 Å². The summed E-state index contributed by atoms with van der Waals surface area (Å²) in [7, 11) is 0. The second kappa shape index (κ2) is 7.18. The molecule has 2 heterocycles. The first-order chi connectivity index (χ1) is 11.1. The van der Waals surface area contributed by atoms with E-state index in [2.05, 4.69) is 16.9 Å². The largest absolute Gasteiger partial charge is 0.369 e. The lowest BCUT2D eigenvalue weighted by molar-refractivity contribution is 0.521. The fourth-order valence-electron chi connectivity index (χ4n) is 3.05. The van der Waals surface area contributed by atoms with Gasteiger partial charge in [-0.1, -0.05) is 48.9 Å². The van der Waals surface area contributed by atoms with E-state index in [1.54, 1.807) is 6.20 Å². The van der Waals surface area contributed by atoms with Crippen LogP contribution in [-0.4, -0.2) is 22.9 Å². The van der Waals surface area contributed by atoms with Gasteiger partial charge in [0.25, 0.3) is 5.56 Å². The fraction of sp³-hybridized carbons (Fsp3) is 0.444. The second-order valence-corrected chi connectivity index (χ2v) is 6.69. The normalized spacial score (nSPS) is 18.7. The van der Waals surface area contributed by atoms with Crippen molar-refractivity contribution in [3.8, 4) is 0 Å². The topological polar surface area (TPSA) is 38.1 Å². The molecule has 0 amide bonds. The Morgan fingerprint density at radius 2 is 2.00 bits per heavy atom. The molecule has 5 heteroatoms. The minimum Gasteiger partial charge on any atom is -0.369 e. The van der Waals surface area contributed by atoms with E-state index in [0.29, 0.717) is 6.54 Å². The first-order valence-corrected chi connectivity index (χ1v) is 8.57. The molecule has 0 unspecified atom stereocenters. The number of aromatic nitrogens is 2. The lowest BCUT2D eigenvalue weighted by Crippen LogP contribution is -2.30. The summed E-state index contributed by atoms with van der Waals surface area (Å²) in [5.41, 5.74) is 1.59. The van der Waals surface area contributed by atoms with E-state index in [4.69, 9.17) is 11.6 Å². The van der Waals surface area contributed by atoms with Crippen LogP contribution in [0.5, 0.6) is 0 Å². The summed E-state index contributed by atoms with van der Waals surface area (Å²) >= 11 is 6.37. The van der Waals surface area contributed by atoms with E-state index in [1.807, 2.05) is 30.3 Å². The average molecular weight is 332 g/mol. The Kier molecular flexibility index (Phi) is 5.01. The van der Waals surface area contributed by atoms with Crippen LogP contribution in [0.1, 0.15) is 31.7 Å². The van der Waals surface area contributed by atoms with Gasteiger partial charge in [-0.3, -0.25) is 4.79 Å². The van der Waals surface area contributed by atoms with Crippen molar-refractivity contribution in [2.24, 2.45) is 5.92 Å². The minimum absolute atomic E-state index is 0.217. The first kappa shape index (κ1) is 16.1. The summed E-state index contributed by atoms with van der Waals surface area (Å²) in [5, 5.41) is 4.62. The highest BCUT2D eigenvalue weighted by molar-refractivity contribution is 6.33. The van der Waals surface area contributed by atoms with Crippen LogP contribution in [0.4, 0.5) is 5.69 Å². The summed E-state index contributed by atoms with van der Waals surface area (Å²) in [5.74, 6) is 0.727. The molecule has 3 rings (SSSR count). The van der Waals surface area contributed by atoms with Crippen molar-refractivity contribution in [2.45, 2.75) is 32.7 Å². The Bertz CT molecular complexity index is 714. The number of benzene rings is 1. The monoisotopic (exact) mass is 331 g/mol. The van der Waals surface area contributed by atoms with Crippen LogP contribution in [0.2, 0.25) is 5.02 Å². The quantitative estimate of drug-likeness (QED) is 0.863. The van der Waals surface area contributed by atoms with Gasteiger partial charge in [0.05, 0.1) is 18.4 Å². The number of anilines is 1. The van der Waals surface area contributed by atoms with Crippen LogP contribution < -0.4 is 10.5 Å². The second-order valence-electron chi connectivity index (χ2n) is 6.32. The van der Waals surface area contributed by atoms with Gasteiger partial charge in [0.15, 0.2) is 0 Å². The number of rotatable bonds is 3. The molecule has 0 N–H and O–H groups in total. The van der Waals surface area contributed by atoms with Crippen LogP contribution in [0.3, 0.4) is 0 Å². The fourth-order valence-corrected chi connectivity index (χ4v) is 3.32. The van der Waals surface area contributed by atoms with Crippen LogP contribution in [0.15, 0.2) is 41.3 Å². The molecule has 1 atom stereocenters. The van der Waals surface area contributed by atoms with E-state index in [1.165, 1.54) is 11.1 Å². The van der Waals surface area contributed by atoms with Crippen molar-refractivity contribution in [1.82, 2.24) is 9.78 Å². The van der Waals surface area contributed by atoms with E-state index >= 15 is 0 Å². The molecule has 1 aliphatic rings. The first-order valence-electron chi connectivity index (χ1n) is 8.19. The van der Waals surface area contributed by atoms with Gasteiger partial charge in [0.1, 0.15) is 5.02 Å². The van der Waals surface area contributed by atoms with Gasteiger partial charge in [-0.2, -0.15) is 5.10 Å². The minimum atomic E-state index is -0.217. The summed E-state index contributed by atoms with van der Waals surface area (Å²) in [6.07, 6.45) is 5.23. The van der Waals surface area contributed by atoms with Gasteiger partial charge in [-0.05, 0) is 30.7 Å². The molecular formula is C18H22ClN3O. The molecule has 1 aromatic carbocycles. The third-order valence-corrected chi connectivity index (χ3v) is 4.85. The summed E-state index contributed by atoms with van der Waals surface area (Å²) < 4.78 is 1.43. The van der Waals surface area contributed by atoms with Crippen molar-refractivity contribution in [3.63, 3.8) is 0 Å². The summed E-state index contributed by atoms with van der Waals surface area (Å²) in [4.78, 5) is 14.7. The SMILES string of the molecule is C[C@H]1CCCN(c2cnn(Cc3ccccc3)c(=O)c2Cl)CC1. The molecular weight excluding hydrogens is 310 g/mol. The highest BCUT2D eigenvalue weighted by atomic mass is 35.5. The van der Waals surface area contributed by atoms with Gasteiger partial charge in [0, 0.05) is 13.1 Å². The molecule has 0 bridgehead atoms. The Balaban J connectivity index is 1.84. The van der Waals surface area contributed by atoms with E-state index < -0.39 is 0 Å². The molecule has 1 aliphatic heterocycles. The predicted molar refractivity (Wildman–Crippen MR) is 94.3 cm³/mol. The van der Waals surface area contributed by atoms with Crippen molar-refractivity contribution in [3.05, 3.63) is 57.5 Å². The Hall–Kier alpha value is -1.81. The Labute approximate surface area is 141 Å². The van der Waals surface area contributed by atoms with Gasteiger partial charge in [-0.15, -0.1) is 0 Å². The van der Waals surface area contributed by atoms with Crippen LogP contribution >= 0.6 is 11.6 Å². The maximum Gasteiger partial charge on any atom is 0.287 e. The number of hydrogen-bond acceptors (Lipinski definition) is 3. The van der Waals surface area contributed by atoms with Crippen molar-refractivity contribution in [1.29, 1.82) is 0 Å². The molecule has 0 saturated carbocycles. The maximum atomic E-state index is 12.5. The van der Waals surface area contributed by atoms with E-state index in [9.17, 15) is 4.79 Å². The third kappa shape index (κ3) is 3.75. The molecule has 1 aromatic heterocycles. The van der Waals surface area contributed by atoms with Gasteiger partial charge in [0.2, 0.25) is 0 Å². The van der Waals surface area contributed by atoms with Crippen LogP contribution in [-0.2, 0) is 6.54 Å². The summed E-state index contributed by atoms with van der Waals surface area (Å²) in [6, 6.07) is 9.82. The Morgan fingerprint density at radius 1 is 1.22 bits per heavy atom. The highest BCUT2D eigenvalue weighted by Crippen LogP contribution is 2.26. The maximum absolute atomic E-state index is 12.5. The van der Waals surface area contributed by atoms with Crippen molar-refractivity contribution >= 4 is 17.3 Å².